The van der Waals surface area contributed by atoms with E-state index in [-0.39, 0.29) is 12.5 Å². The van der Waals surface area contributed by atoms with Gasteiger partial charge in [0.2, 0.25) is 0 Å². The van der Waals surface area contributed by atoms with E-state index in [1.165, 1.54) is 51.4 Å². The van der Waals surface area contributed by atoms with Gasteiger partial charge in [-0.05, 0) is 55.4 Å². The Morgan fingerprint density at radius 2 is 2.05 bits per heavy atom. The van der Waals surface area contributed by atoms with Gasteiger partial charge >= 0.3 is 5.97 Å². The number of carboxylic acids is 1. The van der Waals surface area contributed by atoms with E-state index in [9.17, 15) is 4.79 Å². The van der Waals surface area contributed by atoms with Gasteiger partial charge in [0.1, 0.15) is 0 Å². The number of rotatable bonds is 5. The molecule has 21 heavy (non-hydrogen) atoms. The van der Waals surface area contributed by atoms with Gasteiger partial charge in [0.15, 0.2) is 0 Å². The Labute approximate surface area is 130 Å². The molecule has 1 unspecified atom stereocenters. The first-order valence-electron chi connectivity index (χ1n) is 8.18. The predicted octanol–water partition coefficient (Wildman–Crippen LogP) is 4.36. The first kappa shape index (κ1) is 15.0. The monoisotopic (exact) mass is 307 g/mol. The van der Waals surface area contributed by atoms with Crippen LogP contribution in [0.15, 0.2) is 17.5 Å². The van der Waals surface area contributed by atoms with Crippen LogP contribution in [0.4, 0.5) is 0 Å². The van der Waals surface area contributed by atoms with Crippen molar-refractivity contribution in [3.63, 3.8) is 0 Å². The fourth-order valence-corrected chi connectivity index (χ4v) is 5.00. The maximum atomic E-state index is 11.1. The van der Waals surface area contributed by atoms with Crippen molar-refractivity contribution in [1.29, 1.82) is 0 Å². The molecule has 0 aromatic carbocycles. The van der Waals surface area contributed by atoms with Crippen molar-refractivity contribution in [3.8, 4) is 0 Å². The molecule has 0 bridgehead atoms. The molecule has 2 aliphatic carbocycles. The van der Waals surface area contributed by atoms with Crippen LogP contribution in [0.25, 0.3) is 0 Å². The van der Waals surface area contributed by atoms with E-state index in [0.717, 1.165) is 4.88 Å². The Hall–Kier alpha value is -0.870. The number of thiophene rings is 1. The average molecular weight is 307 g/mol. The molecule has 1 heterocycles. The summed E-state index contributed by atoms with van der Waals surface area (Å²) in [5.74, 6) is -0.719. The number of hydrogen-bond donors (Lipinski definition) is 2. The molecule has 0 aliphatic heterocycles. The fraction of sp³-hybridized carbons (Fsp3) is 0.706. The van der Waals surface area contributed by atoms with Crippen molar-refractivity contribution in [2.75, 3.05) is 0 Å². The van der Waals surface area contributed by atoms with Gasteiger partial charge < -0.3 is 10.4 Å². The minimum absolute atomic E-state index is 0.0230. The second-order valence-electron chi connectivity index (χ2n) is 6.81. The van der Waals surface area contributed by atoms with Crippen LogP contribution in [0, 0.1) is 5.41 Å². The van der Waals surface area contributed by atoms with E-state index in [2.05, 4.69) is 5.32 Å². The second-order valence-corrected chi connectivity index (χ2v) is 7.79. The number of nitrogens with one attached hydrogen (secondary N) is 1. The molecule has 0 radical (unpaired) electrons. The van der Waals surface area contributed by atoms with E-state index in [4.69, 9.17) is 5.11 Å². The Bertz CT molecular complexity index is 455. The largest absolute Gasteiger partial charge is 0.481 e. The molecule has 1 aromatic heterocycles. The van der Waals surface area contributed by atoms with Crippen molar-refractivity contribution >= 4 is 17.3 Å². The molecule has 2 N–H and O–H groups in total. The third-order valence-electron chi connectivity index (χ3n) is 5.41. The van der Waals surface area contributed by atoms with Crippen molar-refractivity contribution in [2.45, 2.75) is 69.9 Å². The van der Waals surface area contributed by atoms with E-state index in [1.807, 2.05) is 17.5 Å². The highest BCUT2D eigenvalue weighted by Crippen LogP contribution is 2.49. The smallest absolute Gasteiger partial charge is 0.305 e. The van der Waals surface area contributed by atoms with E-state index in [1.54, 1.807) is 11.3 Å². The Balaban J connectivity index is 1.58. The summed E-state index contributed by atoms with van der Waals surface area (Å²) in [5, 5.41) is 14.8. The molecule has 1 atom stereocenters. The molecule has 3 nitrogen and oxygen atoms in total. The lowest BCUT2D eigenvalue weighted by Crippen LogP contribution is -2.39. The third kappa shape index (κ3) is 3.67. The highest BCUT2D eigenvalue weighted by Gasteiger charge is 2.38. The van der Waals surface area contributed by atoms with Crippen molar-refractivity contribution in [1.82, 2.24) is 5.32 Å². The van der Waals surface area contributed by atoms with Crippen molar-refractivity contribution in [2.24, 2.45) is 5.41 Å². The van der Waals surface area contributed by atoms with Gasteiger partial charge in [0.05, 0.1) is 12.5 Å². The minimum atomic E-state index is -0.719. The minimum Gasteiger partial charge on any atom is -0.481 e. The summed E-state index contributed by atoms with van der Waals surface area (Å²) in [6.07, 6.45) is 10.9. The normalized spacial score (nSPS) is 23.4. The standard InChI is InChI=1S/C17H25NO2S/c19-16(20)12-14(15-4-3-11-21-15)18-13-5-9-17(10-6-13)7-1-2-8-17/h3-4,11,13-14,18H,1-2,5-10,12H2,(H,19,20). The van der Waals surface area contributed by atoms with Crippen molar-refractivity contribution in [3.05, 3.63) is 22.4 Å². The maximum Gasteiger partial charge on any atom is 0.305 e. The molecule has 2 saturated carbocycles. The van der Waals surface area contributed by atoms with Gasteiger partial charge in [-0.2, -0.15) is 0 Å². The molecular formula is C17H25NO2S. The van der Waals surface area contributed by atoms with Crippen LogP contribution in [-0.2, 0) is 4.79 Å². The fourth-order valence-electron chi connectivity index (χ4n) is 4.21. The zero-order valence-electron chi connectivity index (χ0n) is 12.5. The van der Waals surface area contributed by atoms with E-state index < -0.39 is 5.97 Å². The van der Waals surface area contributed by atoms with Crippen LogP contribution in [0.2, 0.25) is 0 Å². The summed E-state index contributed by atoms with van der Waals surface area (Å²) in [7, 11) is 0. The van der Waals surface area contributed by atoms with Crippen LogP contribution in [0.3, 0.4) is 0 Å². The number of aliphatic carboxylic acids is 1. The summed E-state index contributed by atoms with van der Waals surface area (Å²) in [5.41, 5.74) is 0.642. The quantitative estimate of drug-likeness (QED) is 0.850. The molecule has 1 aromatic rings. The number of carbonyl (C=O) groups is 1. The topological polar surface area (TPSA) is 49.3 Å². The number of carboxylic acid groups (broad SMARTS) is 1. The lowest BCUT2D eigenvalue weighted by atomic mass is 9.71. The Kier molecular flexibility index (Phi) is 4.65. The Morgan fingerprint density at radius 1 is 1.33 bits per heavy atom. The molecule has 0 saturated heterocycles. The molecule has 1 spiro atoms. The van der Waals surface area contributed by atoms with Gasteiger partial charge in [-0.25, -0.2) is 0 Å². The predicted molar refractivity (Wildman–Crippen MR) is 85.6 cm³/mol. The molecule has 2 fully saturated rings. The van der Waals surface area contributed by atoms with Crippen LogP contribution in [-0.4, -0.2) is 17.1 Å². The molecular weight excluding hydrogens is 282 g/mol. The molecule has 3 rings (SSSR count). The van der Waals surface area contributed by atoms with Crippen LogP contribution < -0.4 is 5.32 Å². The van der Waals surface area contributed by atoms with Gasteiger partial charge in [-0.3, -0.25) is 4.79 Å². The zero-order valence-corrected chi connectivity index (χ0v) is 13.3. The summed E-state index contributed by atoms with van der Waals surface area (Å²) in [4.78, 5) is 12.3. The highest BCUT2D eigenvalue weighted by atomic mass is 32.1. The zero-order chi connectivity index (χ0) is 14.7. The SMILES string of the molecule is O=C(O)CC(NC1CCC2(CCCC2)CC1)c1cccs1. The molecule has 2 aliphatic rings. The lowest BCUT2D eigenvalue weighted by molar-refractivity contribution is -0.137. The third-order valence-corrected chi connectivity index (χ3v) is 6.40. The average Bonchev–Trinajstić information content (AvgIpc) is 3.12. The van der Waals surface area contributed by atoms with Crippen LogP contribution in [0.5, 0.6) is 0 Å². The maximum absolute atomic E-state index is 11.1. The first-order chi connectivity index (χ1) is 10.2. The Morgan fingerprint density at radius 3 is 2.62 bits per heavy atom. The van der Waals surface area contributed by atoms with Crippen LogP contribution >= 0.6 is 11.3 Å². The molecule has 116 valence electrons. The van der Waals surface area contributed by atoms with Gasteiger partial charge in [0, 0.05) is 10.9 Å². The molecule has 4 heteroatoms. The second kappa shape index (κ2) is 6.49. The summed E-state index contributed by atoms with van der Waals surface area (Å²) < 4.78 is 0. The van der Waals surface area contributed by atoms with Gasteiger partial charge in [0.25, 0.3) is 0 Å². The first-order valence-corrected chi connectivity index (χ1v) is 9.06. The molecule has 0 amide bonds. The lowest BCUT2D eigenvalue weighted by Gasteiger charge is -2.38. The highest BCUT2D eigenvalue weighted by molar-refractivity contribution is 7.10. The van der Waals surface area contributed by atoms with Crippen LogP contribution in [0.1, 0.15) is 68.7 Å². The van der Waals surface area contributed by atoms with Gasteiger partial charge in [-0.1, -0.05) is 18.9 Å². The van der Waals surface area contributed by atoms with E-state index >= 15 is 0 Å². The number of hydrogen-bond acceptors (Lipinski definition) is 3. The van der Waals surface area contributed by atoms with Crippen molar-refractivity contribution < 1.29 is 9.90 Å². The summed E-state index contributed by atoms with van der Waals surface area (Å²) in [6.45, 7) is 0. The summed E-state index contributed by atoms with van der Waals surface area (Å²) in [6, 6.07) is 4.52. The summed E-state index contributed by atoms with van der Waals surface area (Å²) >= 11 is 1.65. The van der Waals surface area contributed by atoms with Gasteiger partial charge in [-0.15, -0.1) is 11.3 Å². The van der Waals surface area contributed by atoms with E-state index in [0.29, 0.717) is 11.5 Å².